The molecule has 0 spiro atoms. The highest BCUT2D eigenvalue weighted by atomic mass is 35.5. The smallest absolute Gasteiger partial charge is 0.226 e. The Morgan fingerprint density at radius 3 is 3.05 bits per heavy atom. The summed E-state index contributed by atoms with van der Waals surface area (Å²) in [6.45, 7) is 0. The number of hydrogen-bond acceptors (Lipinski definition) is 6. The molecule has 1 aromatic carbocycles. The first-order chi connectivity index (χ1) is 9.61. The molecule has 4 nitrogen and oxygen atoms in total. The Hall–Kier alpha value is -1.50. The van der Waals surface area contributed by atoms with Crippen LogP contribution in [0.1, 0.15) is 5.76 Å². The number of halogens is 1. The maximum Gasteiger partial charge on any atom is 0.226 e. The fourth-order valence-corrected chi connectivity index (χ4v) is 3.70. The van der Waals surface area contributed by atoms with E-state index in [1.54, 1.807) is 11.3 Å². The third-order valence-electron chi connectivity index (χ3n) is 2.53. The van der Waals surface area contributed by atoms with Crippen LogP contribution in [-0.4, -0.2) is 10.1 Å². The molecule has 0 saturated heterocycles. The molecule has 1 N–H and O–H groups in total. The van der Waals surface area contributed by atoms with Crippen LogP contribution in [0.5, 0.6) is 5.75 Å². The molecule has 0 aliphatic carbocycles. The molecule has 0 saturated carbocycles. The molecule has 0 amide bonds. The minimum absolute atomic E-state index is 0.381. The predicted octanol–water partition coefficient (Wildman–Crippen LogP) is 3.90. The average molecular weight is 326 g/mol. The quantitative estimate of drug-likeness (QED) is 0.740. The van der Waals surface area contributed by atoms with Gasteiger partial charge in [0, 0.05) is 11.1 Å². The van der Waals surface area contributed by atoms with Crippen LogP contribution in [0.2, 0.25) is 5.02 Å². The molecule has 0 fully saturated rings. The van der Waals surface area contributed by atoms with E-state index in [2.05, 4.69) is 4.98 Å². The van der Waals surface area contributed by atoms with E-state index < -0.39 is 5.43 Å². The highest BCUT2D eigenvalue weighted by Gasteiger charge is 2.07. The molecule has 0 atom stereocenters. The van der Waals surface area contributed by atoms with Crippen molar-refractivity contribution in [1.82, 2.24) is 4.98 Å². The zero-order valence-electron chi connectivity index (χ0n) is 10.00. The summed E-state index contributed by atoms with van der Waals surface area (Å²) in [5.41, 5.74) is 0.417. The zero-order chi connectivity index (χ0) is 14.1. The lowest BCUT2D eigenvalue weighted by molar-refractivity contribution is 0.419. The van der Waals surface area contributed by atoms with E-state index in [-0.39, 0.29) is 5.75 Å². The summed E-state index contributed by atoms with van der Waals surface area (Å²) >= 11 is 8.94. The van der Waals surface area contributed by atoms with Crippen LogP contribution in [-0.2, 0) is 5.75 Å². The summed E-state index contributed by atoms with van der Waals surface area (Å²) in [7, 11) is 0. The van der Waals surface area contributed by atoms with Gasteiger partial charge in [0.05, 0.1) is 16.0 Å². The standard InChI is InChI=1S/C13H8ClNO3S2/c14-7-1-2-12-9(3-7)15-13(20-12)19-6-8-4-10(16)11(17)5-18-8/h1-5,17H,6H2. The highest BCUT2D eigenvalue weighted by Crippen LogP contribution is 2.32. The topological polar surface area (TPSA) is 63.3 Å². The number of thiazole rings is 1. The van der Waals surface area contributed by atoms with Crippen LogP contribution < -0.4 is 5.43 Å². The van der Waals surface area contributed by atoms with Crippen LogP contribution in [0.4, 0.5) is 0 Å². The van der Waals surface area contributed by atoms with Crippen molar-refractivity contribution < 1.29 is 9.52 Å². The monoisotopic (exact) mass is 325 g/mol. The molecule has 0 bridgehead atoms. The van der Waals surface area contributed by atoms with Crippen molar-refractivity contribution in [2.24, 2.45) is 0 Å². The first-order valence-electron chi connectivity index (χ1n) is 5.61. The van der Waals surface area contributed by atoms with Crippen molar-refractivity contribution in [1.29, 1.82) is 0 Å². The maximum atomic E-state index is 11.3. The third kappa shape index (κ3) is 2.82. The van der Waals surface area contributed by atoms with Crippen LogP contribution >= 0.6 is 34.7 Å². The van der Waals surface area contributed by atoms with Gasteiger partial charge in [0.15, 0.2) is 10.1 Å². The molecular weight excluding hydrogens is 318 g/mol. The van der Waals surface area contributed by atoms with Crippen LogP contribution in [0.3, 0.4) is 0 Å². The molecule has 102 valence electrons. The van der Waals surface area contributed by atoms with E-state index in [1.807, 2.05) is 18.2 Å². The second-order valence-corrected chi connectivity index (χ2v) is 6.67. The summed E-state index contributed by atoms with van der Waals surface area (Å²) in [5, 5.41) is 9.77. The normalized spacial score (nSPS) is 11.1. The molecule has 3 aromatic rings. The lowest BCUT2D eigenvalue weighted by Crippen LogP contribution is -1.98. The van der Waals surface area contributed by atoms with Crippen molar-refractivity contribution in [3.8, 4) is 5.75 Å². The van der Waals surface area contributed by atoms with Crippen molar-refractivity contribution in [3.63, 3.8) is 0 Å². The number of thioether (sulfide) groups is 1. The largest absolute Gasteiger partial charge is 0.502 e. The molecule has 7 heteroatoms. The van der Waals surface area contributed by atoms with Gasteiger partial charge in [0.25, 0.3) is 0 Å². The summed E-state index contributed by atoms with van der Waals surface area (Å²) in [4.78, 5) is 15.7. The Labute approximate surface area is 127 Å². The van der Waals surface area contributed by atoms with Crippen molar-refractivity contribution in [2.75, 3.05) is 0 Å². The van der Waals surface area contributed by atoms with E-state index in [0.29, 0.717) is 16.5 Å². The Morgan fingerprint density at radius 1 is 1.40 bits per heavy atom. The third-order valence-corrected chi connectivity index (χ3v) is 4.97. The first kappa shape index (κ1) is 13.5. The Kier molecular flexibility index (Phi) is 3.69. The molecule has 0 radical (unpaired) electrons. The van der Waals surface area contributed by atoms with Gasteiger partial charge in [-0.1, -0.05) is 23.4 Å². The SMILES string of the molecule is O=c1cc(CSc2nc3cc(Cl)ccc3s2)occ1O. The Balaban J connectivity index is 1.79. The number of aromatic hydroxyl groups is 1. The molecule has 0 unspecified atom stereocenters. The summed E-state index contributed by atoms with van der Waals surface area (Å²) in [6, 6.07) is 6.86. The molecule has 0 aliphatic rings. The predicted molar refractivity (Wildman–Crippen MR) is 80.8 cm³/mol. The average Bonchev–Trinajstić information content (AvgIpc) is 2.82. The minimum atomic E-state index is -0.442. The number of aromatic nitrogens is 1. The number of fused-ring (bicyclic) bond motifs is 1. The Bertz CT molecular complexity index is 828. The van der Waals surface area contributed by atoms with E-state index in [9.17, 15) is 4.79 Å². The van der Waals surface area contributed by atoms with Gasteiger partial charge in [-0.3, -0.25) is 4.79 Å². The summed E-state index contributed by atoms with van der Waals surface area (Å²) < 4.78 is 7.07. The van der Waals surface area contributed by atoms with Gasteiger partial charge in [0.1, 0.15) is 12.0 Å². The minimum Gasteiger partial charge on any atom is -0.502 e. The van der Waals surface area contributed by atoms with E-state index >= 15 is 0 Å². The van der Waals surface area contributed by atoms with E-state index in [4.69, 9.17) is 21.1 Å². The van der Waals surface area contributed by atoms with E-state index in [0.717, 1.165) is 20.8 Å². The van der Waals surface area contributed by atoms with Gasteiger partial charge in [-0.15, -0.1) is 11.3 Å². The van der Waals surface area contributed by atoms with Crippen molar-refractivity contribution in [3.05, 3.63) is 51.5 Å². The number of hydrogen-bond donors (Lipinski definition) is 1. The van der Waals surface area contributed by atoms with Crippen LogP contribution in [0.15, 0.2) is 44.1 Å². The molecule has 20 heavy (non-hydrogen) atoms. The van der Waals surface area contributed by atoms with Gasteiger partial charge in [0.2, 0.25) is 5.43 Å². The summed E-state index contributed by atoms with van der Waals surface area (Å²) in [5.74, 6) is 0.590. The number of rotatable bonds is 3. The van der Waals surface area contributed by atoms with Crippen LogP contribution in [0.25, 0.3) is 10.2 Å². The van der Waals surface area contributed by atoms with Crippen molar-refractivity contribution >= 4 is 44.9 Å². The van der Waals surface area contributed by atoms with Gasteiger partial charge in [-0.2, -0.15) is 0 Å². The van der Waals surface area contributed by atoms with Gasteiger partial charge < -0.3 is 9.52 Å². The highest BCUT2D eigenvalue weighted by molar-refractivity contribution is 8.00. The van der Waals surface area contributed by atoms with Crippen molar-refractivity contribution in [2.45, 2.75) is 10.1 Å². The lowest BCUT2D eigenvalue weighted by atomic mass is 10.3. The lowest BCUT2D eigenvalue weighted by Gasteiger charge is -1.97. The molecule has 3 rings (SSSR count). The molecule has 2 heterocycles. The van der Waals surface area contributed by atoms with Crippen LogP contribution in [0, 0.1) is 0 Å². The Morgan fingerprint density at radius 2 is 2.25 bits per heavy atom. The second-order valence-electron chi connectivity index (χ2n) is 3.98. The number of benzene rings is 1. The first-order valence-corrected chi connectivity index (χ1v) is 7.79. The summed E-state index contributed by atoms with van der Waals surface area (Å²) in [6.07, 6.45) is 1.05. The number of nitrogens with zero attached hydrogens (tertiary/aromatic N) is 1. The maximum absolute atomic E-state index is 11.3. The molecule has 0 aliphatic heterocycles. The fourth-order valence-electron chi connectivity index (χ4n) is 1.59. The second kappa shape index (κ2) is 5.47. The molecule has 2 aromatic heterocycles. The molecular formula is C13H8ClNO3S2. The van der Waals surface area contributed by atoms with Gasteiger partial charge in [-0.05, 0) is 18.2 Å². The zero-order valence-corrected chi connectivity index (χ0v) is 12.4. The van der Waals surface area contributed by atoms with Gasteiger partial charge in [-0.25, -0.2) is 4.98 Å². The van der Waals surface area contributed by atoms with E-state index in [1.165, 1.54) is 17.8 Å². The van der Waals surface area contributed by atoms with Gasteiger partial charge >= 0.3 is 0 Å². The fraction of sp³-hybridized carbons (Fsp3) is 0.0769.